The van der Waals surface area contributed by atoms with Gasteiger partial charge in [0.15, 0.2) is 5.13 Å². The van der Waals surface area contributed by atoms with Crippen LogP contribution in [0.15, 0.2) is 0 Å². The minimum absolute atomic E-state index is 0.0771. The molecule has 7 nitrogen and oxygen atoms in total. The van der Waals surface area contributed by atoms with Crippen molar-refractivity contribution in [3.05, 3.63) is 4.88 Å². The van der Waals surface area contributed by atoms with Crippen LogP contribution in [0.2, 0.25) is 0 Å². The van der Waals surface area contributed by atoms with Gasteiger partial charge < -0.3 is 21.7 Å². The van der Waals surface area contributed by atoms with Gasteiger partial charge in [-0.15, -0.1) is 0 Å². The van der Waals surface area contributed by atoms with Crippen LogP contribution in [-0.4, -0.2) is 41.3 Å². The van der Waals surface area contributed by atoms with E-state index in [0.717, 1.165) is 19.4 Å². The Morgan fingerprint density at radius 2 is 2.10 bits per heavy atom. The molecule has 2 amide bonds. The molecule has 1 aliphatic rings. The van der Waals surface area contributed by atoms with Gasteiger partial charge >= 0.3 is 0 Å². The third kappa shape index (κ3) is 3.84. The van der Waals surface area contributed by atoms with Crippen LogP contribution >= 0.6 is 11.3 Å². The summed E-state index contributed by atoms with van der Waals surface area (Å²) in [5.41, 5.74) is 11.0. The Balaban J connectivity index is 1.97. The van der Waals surface area contributed by atoms with E-state index in [9.17, 15) is 9.59 Å². The van der Waals surface area contributed by atoms with Gasteiger partial charge in [0.05, 0.1) is 0 Å². The fraction of sp³-hybridized carbons (Fsp3) is 0.615. The van der Waals surface area contributed by atoms with Crippen molar-refractivity contribution in [1.82, 2.24) is 9.88 Å². The van der Waals surface area contributed by atoms with E-state index in [1.165, 1.54) is 11.3 Å². The topological polar surface area (TPSA) is 114 Å². The third-order valence-electron chi connectivity index (χ3n) is 3.57. The normalized spacial score (nSPS) is 16.0. The lowest BCUT2D eigenvalue weighted by atomic mass is 9.93. The molecule has 2 rings (SSSR count). The second-order valence-corrected chi connectivity index (χ2v) is 6.17. The minimum Gasteiger partial charge on any atom is -0.382 e. The van der Waals surface area contributed by atoms with E-state index in [2.05, 4.69) is 10.3 Å². The highest BCUT2D eigenvalue weighted by atomic mass is 32.1. The first-order valence-electron chi connectivity index (χ1n) is 7.09. The summed E-state index contributed by atoms with van der Waals surface area (Å²) in [6.07, 6.45) is 2.00. The number of piperidine rings is 1. The number of hydrogen-bond acceptors (Lipinski definition) is 6. The quantitative estimate of drug-likeness (QED) is 0.747. The molecule has 0 bridgehead atoms. The first kappa shape index (κ1) is 15.6. The average molecular weight is 311 g/mol. The Hall–Kier alpha value is -1.83. The molecule has 116 valence electrons. The highest BCUT2D eigenvalue weighted by Crippen LogP contribution is 2.28. The summed E-state index contributed by atoms with van der Waals surface area (Å²) in [5, 5.41) is 3.73. The van der Waals surface area contributed by atoms with Crippen LogP contribution < -0.4 is 16.8 Å². The molecule has 8 heteroatoms. The number of nitrogens with one attached hydrogen (secondary N) is 1. The number of anilines is 2. The zero-order valence-corrected chi connectivity index (χ0v) is 12.9. The number of primary amides is 1. The molecule has 0 saturated carbocycles. The van der Waals surface area contributed by atoms with E-state index in [1.807, 2.05) is 6.92 Å². The van der Waals surface area contributed by atoms with Crippen LogP contribution in [-0.2, 0) is 4.79 Å². The van der Waals surface area contributed by atoms with Crippen molar-refractivity contribution in [3.8, 4) is 0 Å². The number of nitrogen functional groups attached to an aromatic ring is 1. The predicted octanol–water partition coefficient (Wildman–Crippen LogP) is 0.885. The third-order valence-corrected chi connectivity index (χ3v) is 4.58. The largest absolute Gasteiger partial charge is 0.382 e. The predicted molar refractivity (Wildman–Crippen MR) is 83.1 cm³/mol. The Bertz CT molecular complexity index is 523. The summed E-state index contributed by atoms with van der Waals surface area (Å²) in [6.45, 7) is 3.96. The number of thiazole rings is 1. The van der Waals surface area contributed by atoms with Crippen molar-refractivity contribution >= 4 is 34.1 Å². The zero-order chi connectivity index (χ0) is 15.4. The summed E-state index contributed by atoms with van der Waals surface area (Å²) < 4.78 is 0. The van der Waals surface area contributed by atoms with Crippen molar-refractivity contribution in [2.45, 2.75) is 26.2 Å². The van der Waals surface area contributed by atoms with Crippen LogP contribution in [0.1, 0.15) is 35.9 Å². The van der Waals surface area contributed by atoms with Crippen molar-refractivity contribution < 1.29 is 9.59 Å². The molecule has 5 N–H and O–H groups in total. The van der Waals surface area contributed by atoms with Crippen molar-refractivity contribution in [1.29, 1.82) is 0 Å². The summed E-state index contributed by atoms with van der Waals surface area (Å²) in [7, 11) is 0. The second kappa shape index (κ2) is 6.75. The van der Waals surface area contributed by atoms with Crippen LogP contribution in [0.4, 0.5) is 10.9 Å². The molecule has 1 fully saturated rings. The second-order valence-electron chi connectivity index (χ2n) is 5.17. The lowest BCUT2D eigenvalue weighted by molar-refractivity contribution is -0.119. The summed E-state index contributed by atoms with van der Waals surface area (Å²) in [5.74, 6) is 0.205. The number of amides is 2. The number of hydrogen-bond donors (Lipinski definition) is 3. The van der Waals surface area contributed by atoms with Crippen LogP contribution in [0.3, 0.4) is 0 Å². The number of nitrogens with two attached hydrogens (primary N) is 2. The highest BCUT2D eigenvalue weighted by molar-refractivity contribution is 7.18. The van der Waals surface area contributed by atoms with Gasteiger partial charge in [-0.1, -0.05) is 11.3 Å². The maximum absolute atomic E-state index is 12.5. The zero-order valence-electron chi connectivity index (χ0n) is 12.1. The number of carbonyl (C=O) groups excluding carboxylic acids is 2. The van der Waals surface area contributed by atoms with E-state index < -0.39 is 0 Å². The molecular weight excluding hydrogens is 290 g/mol. The lowest BCUT2D eigenvalue weighted by Gasteiger charge is -2.31. The summed E-state index contributed by atoms with van der Waals surface area (Å²) in [6, 6.07) is 0. The molecule has 0 unspecified atom stereocenters. The van der Waals surface area contributed by atoms with Crippen LogP contribution in [0.25, 0.3) is 0 Å². The van der Waals surface area contributed by atoms with Crippen molar-refractivity contribution in [3.63, 3.8) is 0 Å². The molecule has 1 aromatic rings. The van der Waals surface area contributed by atoms with Crippen molar-refractivity contribution in [2.24, 2.45) is 11.7 Å². The Kier molecular flexibility index (Phi) is 5.00. The lowest BCUT2D eigenvalue weighted by Crippen LogP contribution is -2.39. The van der Waals surface area contributed by atoms with Crippen molar-refractivity contribution in [2.75, 3.05) is 30.7 Å². The van der Waals surface area contributed by atoms with E-state index in [4.69, 9.17) is 11.5 Å². The average Bonchev–Trinajstić information content (AvgIpc) is 2.79. The van der Waals surface area contributed by atoms with Gasteiger partial charge in [0.25, 0.3) is 5.91 Å². The molecular formula is C13H21N5O2S. The molecule has 0 aromatic carbocycles. The van der Waals surface area contributed by atoms with Gasteiger partial charge in [0.2, 0.25) is 5.91 Å². The minimum atomic E-state index is -0.276. The molecule has 1 aromatic heterocycles. The highest BCUT2D eigenvalue weighted by Gasteiger charge is 2.27. The molecule has 1 aliphatic heterocycles. The summed E-state index contributed by atoms with van der Waals surface area (Å²) >= 11 is 1.28. The fourth-order valence-electron chi connectivity index (χ4n) is 2.48. The maximum atomic E-state index is 12.5. The molecule has 0 aliphatic carbocycles. The van der Waals surface area contributed by atoms with E-state index in [-0.39, 0.29) is 23.6 Å². The smallest absolute Gasteiger partial charge is 0.267 e. The maximum Gasteiger partial charge on any atom is 0.267 e. The van der Waals surface area contributed by atoms with Gasteiger partial charge in [-0.05, 0) is 25.7 Å². The van der Waals surface area contributed by atoms with E-state index in [1.54, 1.807) is 4.90 Å². The monoisotopic (exact) mass is 311 g/mol. The Labute approximate surface area is 127 Å². The number of aromatic nitrogens is 1. The number of nitrogens with zero attached hydrogens (tertiary/aromatic N) is 2. The number of rotatable bonds is 5. The van der Waals surface area contributed by atoms with Crippen LogP contribution in [0.5, 0.6) is 0 Å². The van der Waals surface area contributed by atoms with Gasteiger partial charge in [0.1, 0.15) is 10.7 Å². The van der Waals surface area contributed by atoms with Gasteiger partial charge in [0, 0.05) is 26.1 Å². The standard InChI is InChI=1S/C13H21N5O2S/c1-2-16-13-17-11(15)10(21-13)12(20)18-5-3-8(4-6-18)7-9(14)19/h8H,2-7,15H2,1H3,(H2,14,19)(H,16,17). The van der Waals surface area contributed by atoms with Gasteiger partial charge in [-0.2, -0.15) is 0 Å². The van der Waals surface area contributed by atoms with Gasteiger partial charge in [-0.3, -0.25) is 9.59 Å². The fourth-order valence-corrected chi connectivity index (χ4v) is 3.40. The SMILES string of the molecule is CCNc1nc(N)c(C(=O)N2CCC(CC(N)=O)CC2)s1. The summed E-state index contributed by atoms with van der Waals surface area (Å²) in [4.78, 5) is 29.8. The molecule has 0 atom stereocenters. The van der Waals surface area contributed by atoms with Gasteiger partial charge in [-0.25, -0.2) is 4.98 Å². The molecule has 21 heavy (non-hydrogen) atoms. The molecule has 1 saturated heterocycles. The van der Waals surface area contributed by atoms with Crippen LogP contribution in [0, 0.1) is 5.92 Å². The molecule has 0 radical (unpaired) electrons. The Morgan fingerprint density at radius 1 is 1.43 bits per heavy atom. The number of carbonyl (C=O) groups is 2. The molecule has 2 heterocycles. The first-order chi connectivity index (χ1) is 10.0. The molecule has 0 spiro atoms. The van der Waals surface area contributed by atoms with E-state index >= 15 is 0 Å². The van der Waals surface area contributed by atoms with E-state index in [0.29, 0.717) is 29.5 Å². The number of likely N-dealkylation sites (tertiary alicyclic amines) is 1. The first-order valence-corrected chi connectivity index (χ1v) is 7.90. The Morgan fingerprint density at radius 3 is 2.67 bits per heavy atom.